The summed E-state index contributed by atoms with van der Waals surface area (Å²) in [5.41, 5.74) is 0.442. The van der Waals surface area contributed by atoms with Gasteiger partial charge in [-0.15, -0.1) is 0 Å². The average Bonchev–Trinajstić information content (AvgIpc) is 3.17. The normalized spacial score (nSPS) is 13.6. The zero-order valence-corrected chi connectivity index (χ0v) is 18.6. The maximum Gasteiger partial charge on any atom is 0.332 e. The van der Waals surface area contributed by atoms with E-state index in [0.29, 0.717) is 29.6 Å². The van der Waals surface area contributed by atoms with Gasteiger partial charge in [0.15, 0.2) is 11.2 Å². The topological polar surface area (TPSA) is 65.1 Å². The monoisotopic (exact) mass is 473 g/mol. The molecule has 0 amide bonds. The molecule has 2 aromatic carbocycles. The van der Waals surface area contributed by atoms with Gasteiger partial charge in [0.25, 0.3) is 5.56 Å². The van der Waals surface area contributed by atoms with E-state index in [1.54, 1.807) is 19.2 Å². The number of aryl methyl sites for hydroxylation is 2. The molecular weight excluding hydrogens is 456 g/mol. The van der Waals surface area contributed by atoms with Crippen molar-refractivity contribution in [2.24, 2.45) is 7.05 Å². The standard InChI is InChI=1S/C22H18Cl2FN5O2/c1-27-19-18(20(31)30(22(27)32)12-15-16(24)4-2-5-17(15)25)29-11-3-10-28(21(29)26-19)14-8-6-13(23)7-9-14/h2,4-9H,3,10-12H2,1H3. The van der Waals surface area contributed by atoms with E-state index in [0.717, 1.165) is 16.7 Å². The summed E-state index contributed by atoms with van der Waals surface area (Å²) >= 11 is 12.2. The maximum absolute atomic E-state index is 14.4. The lowest BCUT2D eigenvalue weighted by Gasteiger charge is -2.29. The molecule has 0 N–H and O–H groups in total. The largest absolute Gasteiger partial charge is 0.332 e. The van der Waals surface area contributed by atoms with E-state index in [1.165, 1.54) is 22.8 Å². The lowest BCUT2D eigenvalue weighted by Crippen LogP contribution is -2.40. The first-order valence-corrected chi connectivity index (χ1v) is 10.8. The van der Waals surface area contributed by atoms with Crippen molar-refractivity contribution in [2.75, 3.05) is 11.4 Å². The summed E-state index contributed by atoms with van der Waals surface area (Å²) in [5, 5.41) is 0.777. The highest BCUT2D eigenvalue weighted by Crippen LogP contribution is 2.31. The van der Waals surface area contributed by atoms with Crippen molar-refractivity contribution in [2.45, 2.75) is 19.5 Å². The van der Waals surface area contributed by atoms with Gasteiger partial charge >= 0.3 is 5.69 Å². The van der Waals surface area contributed by atoms with Gasteiger partial charge in [-0.3, -0.25) is 13.9 Å². The molecule has 0 fully saturated rings. The van der Waals surface area contributed by atoms with Crippen molar-refractivity contribution >= 4 is 46.0 Å². The molecule has 0 saturated heterocycles. The molecule has 0 bridgehead atoms. The lowest BCUT2D eigenvalue weighted by atomic mass is 10.2. The van der Waals surface area contributed by atoms with Gasteiger partial charge in [0.1, 0.15) is 5.82 Å². The number of anilines is 2. The van der Waals surface area contributed by atoms with Crippen LogP contribution in [0, 0.1) is 5.82 Å². The number of hydrogen-bond donors (Lipinski definition) is 0. The van der Waals surface area contributed by atoms with Crippen LogP contribution in [-0.4, -0.2) is 25.2 Å². The third kappa shape index (κ3) is 3.22. The third-order valence-electron chi connectivity index (χ3n) is 5.73. The Morgan fingerprint density at radius 1 is 1.06 bits per heavy atom. The molecule has 0 saturated carbocycles. The van der Waals surface area contributed by atoms with Gasteiger partial charge in [-0.2, -0.15) is 4.98 Å². The van der Waals surface area contributed by atoms with Gasteiger partial charge in [0, 0.05) is 41.4 Å². The molecule has 164 valence electrons. The summed E-state index contributed by atoms with van der Waals surface area (Å²) < 4.78 is 18.5. The minimum Gasteiger partial charge on any atom is -0.312 e. The van der Waals surface area contributed by atoms with Gasteiger partial charge in [-0.05, 0) is 42.8 Å². The number of rotatable bonds is 3. The van der Waals surface area contributed by atoms with Crippen molar-refractivity contribution < 1.29 is 4.39 Å². The van der Waals surface area contributed by atoms with Crippen LogP contribution in [0.3, 0.4) is 0 Å². The van der Waals surface area contributed by atoms with Crippen LogP contribution < -0.4 is 16.1 Å². The summed E-state index contributed by atoms with van der Waals surface area (Å²) in [6, 6.07) is 11.6. The molecule has 5 rings (SSSR count). The van der Waals surface area contributed by atoms with Crippen LogP contribution in [0.25, 0.3) is 11.2 Å². The minimum absolute atomic E-state index is 0.0916. The first-order valence-electron chi connectivity index (χ1n) is 10.0. The molecule has 2 aromatic heterocycles. The van der Waals surface area contributed by atoms with Crippen LogP contribution in [0.1, 0.15) is 12.0 Å². The molecule has 7 nitrogen and oxygen atoms in total. The van der Waals surface area contributed by atoms with Crippen molar-refractivity contribution in [3.63, 3.8) is 0 Å². The second-order valence-electron chi connectivity index (χ2n) is 7.65. The van der Waals surface area contributed by atoms with E-state index in [4.69, 9.17) is 23.2 Å². The van der Waals surface area contributed by atoms with Crippen molar-refractivity contribution in [3.8, 4) is 0 Å². The molecule has 4 aromatic rings. The number of hydrogen-bond acceptors (Lipinski definition) is 4. The Morgan fingerprint density at radius 3 is 2.53 bits per heavy atom. The van der Waals surface area contributed by atoms with Crippen molar-refractivity contribution in [3.05, 3.63) is 84.7 Å². The molecule has 10 heteroatoms. The fraction of sp³-hybridized carbons (Fsp3) is 0.227. The molecule has 1 aliphatic heterocycles. The highest BCUT2D eigenvalue weighted by molar-refractivity contribution is 6.31. The van der Waals surface area contributed by atoms with Crippen molar-refractivity contribution in [1.29, 1.82) is 0 Å². The van der Waals surface area contributed by atoms with Gasteiger partial charge < -0.3 is 9.47 Å². The van der Waals surface area contributed by atoms with E-state index in [9.17, 15) is 14.0 Å². The molecule has 1 aliphatic rings. The number of benzene rings is 2. The maximum atomic E-state index is 14.4. The molecule has 3 heterocycles. The first-order chi connectivity index (χ1) is 15.4. The lowest BCUT2D eigenvalue weighted by molar-refractivity contribution is 0.578. The summed E-state index contributed by atoms with van der Waals surface area (Å²) in [6.07, 6.45) is 0.780. The Balaban J connectivity index is 1.71. The third-order valence-corrected chi connectivity index (χ3v) is 6.34. The number of imidazole rings is 1. The Kier molecular flexibility index (Phi) is 5.06. The van der Waals surface area contributed by atoms with E-state index in [-0.39, 0.29) is 22.8 Å². The van der Waals surface area contributed by atoms with Gasteiger partial charge in [0.05, 0.1) is 6.54 Å². The summed E-state index contributed by atoms with van der Waals surface area (Å²) in [5.74, 6) is -0.00174. The molecule has 0 atom stereocenters. The second-order valence-corrected chi connectivity index (χ2v) is 8.49. The molecular formula is C22H18Cl2FN5O2. The quantitative estimate of drug-likeness (QED) is 0.452. The predicted molar refractivity (Wildman–Crippen MR) is 123 cm³/mol. The van der Waals surface area contributed by atoms with Crippen LogP contribution in [0.5, 0.6) is 0 Å². The minimum atomic E-state index is -0.588. The SMILES string of the molecule is Cn1c(=O)n(Cc2c(F)cccc2Cl)c(=O)c2c1nc1n2CCCN1c1ccc(Cl)cc1. The van der Waals surface area contributed by atoms with Gasteiger partial charge in [-0.25, -0.2) is 9.18 Å². The van der Waals surface area contributed by atoms with Gasteiger partial charge in [0.2, 0.25) is 5.95 Å². The number of aromatic nitrogens is 4. The Hall–Kier alpha value is -3.10. The molecule has 0 spiro atoms. The fourth-order valence-corrected chi connectivity index (χ4v) is 4.46. The molecule has 0 radical (unpaired) electrons. The Morgan fingerprint density at radius 2 is 1.81 bits per heavy atom. The first kappa shape index (κ1) is 20.8. The van der Waals surface area contributed by atoms with E-state index in [1.807, 2.05) is 21.6 Å². The van der Waals surface area contributed by atoms with Crippen LogP contribution >= 0.6 is 23.2 Å². The zero-order valence-electron chi connectivity index (χ0n) is 17.1. The Bertz CT molecular complexity index is 1450. The van der Waals surface area contributed by atoms with Crippen LogP contribution in [-0.2, 0) is 20.1 Å². The average molecular weight is 474 g/mol. The Labute approximate surface area is 191 Å². The van der Waals surface area contributed by atoms with Crippen LogP contribution in [0.15, 0.2) is 52.1 Å². The highest BCUT2D eigenvalue weighted by Gasteiger charge is 2.27. The zero-order chi connectivity index (χ0) is 22.6. The van der Waals surface area contributed by atoms with Crippen LogP contribution in [0.4, 0.5) is 16.0 Å². The highest BCUT2D eigenvalue weighted by atomic mass is 35.5. The molecule has 0 aliphatic carbocycles. The van der Waals surface area contributed by atoms with E-state index in [2.05, 4.69) is 4.98 Å². The number of halogens is 3. The smallest absolute Gasteiger partial charge is 0.312 e. The predicted octanol–water partition coefficient (Wildman–Crippen LogP) is 3.93. The summed E-state index contributed by atoms with van der Waals surface area (Å²) in [6.45, 7) is 1.01. The number of fused-ring (bicyclic) bond motifs is 3. The second kappa shape index (κ2) is 7.79. The van der Waals surface area contributed by atoms with E-state index >= 15 is 0 Å². The summed E-state index contributed by atoms with van der Waals surface area (Å²) in [7, 11) is 1.55. The van der Waals surface area contributed by atoms with E-state index < -0.39 is 17.1 Å². The van der Waals surface area contributed by atoms with Crippen LogP contribution in [0.2, 0.25) is 10.0 Å². The van der Waals surface area contributed by atoms with Gasteiger partial charge in [-0.1, -0.05) is 29.3 Å². The molecule has 32 heavy (non-hydrogen) atoms. The van der Waals surface area contributed by atoms with Crippen molar-refractivity contribution in [1.82, 2.24) is 18.7 Å². The fourth-order valence-electron chi connectivity index (χ4n) is 4.11. The summed E-state index contributed by atoms with van der Waals surface area (Å²) in [4.78, 5) is 33.1. The molecule has 0 unspecified atom stereocenters. The number of nitrogens with zero attached hydrogens (tertiary/aromatic N) is 5.